The molecule has 0 aromatic heterocycles. The molecule has 280 valence electrons. The molecule has 2 heterocycles. The summed E-state index contributed by atoms with van der Waals surface area (Å²) in [5.74, 6) is -3.12. The molecule has 13 heteroatoms. The van der Waals surface area contributed by atoms with Crippen LogP contribution in [0.5, 0.6) is 0 Å². The lowest BCUT2D eigenvalue weighted by Gasteiger charge is -2.39. The zero-order chi connectivity index (χ0) is 37.7. The first-order valence-electron chi connectivity index (χ1n) is 18.2. The molecule has 2 aliphatic rings. The van der Waals surface area contributed by atoms with Crippen LogP contribution in [0.1, 0.15) is 55.2 Å². The van der Waals surface area contributed by atoms with Crippen molar-refractivity contribution in [3.63, 3.8) is 0 Å². The van der Waals surface area contributed by atoms with Crippen LogP contribution >= 0.6 is 0 Å². The van der Waals surface area contributed by atoms with Gasteiger partial charge in [0.05, 0.1) is 12.8 Å². The van der Waals surface area contributed by atoms with Gasteiger partial charge in [-0.1, -0.05) is 91.0 Å². The number of hydrogen-bond donors (Lipinski definition) is 7. The Morgan fingerprint density at radius 3 is 2.09 bits per heavy atom. The fraction of sp³-hybridized carbons (Fsp3) is 0.400. The summed E-state index contributed by atoms with van der Waals surface area (Å²) in [5.41, 5.74) is 8.38. The molecule has 0 aliphatic carbocycles. The van der Waals surface area contributed by atoms with Crippen LogP contribution in [0, 0.1) is 11.3 Å². The van der Waals surface area contributed by atoms with Gasteiger partial charge in [0.25, 0.3) is 0 Å². The average molecular weight is 724 g/mol. The standard InChI is InChI=1S/C40H49N7O6/c41-40(42)43-21-20-31(37(51)44-30(25-36(49)50)17-16-26-10-4-1-5-11-26)46-38(52)34-24-29(22-27-12-6-2-7-13-27)33-19-18-32(39(53)47(33)34)45-35(48)23-28-14-8-3-9-15-28/h1-15,29-34H,16-25H2,(H,44,51)(H,45,48)(H,46,52)(H,49,50)(H4,41,42,43)/t29-,30+,31+,32?,33+,34?/m1/s1. The van der Waals surface area contributed by atoms with Gasteiger partial charge in [0.2, 0.25) is 23.6 Å². The van der Waals surface area contributed by atoms with Crippen LogP contribution in [-0.4, -0.2) is 82.3 Å². The number of nitrogens with one attached hydrogen (secondary N) is 5. The topological polar surface area (TPSA) is 207 Å². The number of nitrogens with zero attached hydrogens (tertiary/aromatic N) is 1. The smallest absolute Gasteiger partial charge is 0.305 e. The van der Waals surface area contributed by atoms with Gasteiger partial charge in [0, 0.05) is 18.6 Å². The van der Waals surface area contributed by atoms with Gasteiger partial charge < -0.3 is 37.0 Å². The van der Waals surface area contributed by atoms with Crippen LogP contribution in [0.2, 0.25) is 0 Å². The summed E-state index contributed by atoms with van der Waals surface area (Å²) < 4.78 is 0. The third kappa shape index (κ3) is 11.1. The van der Waals surface area contributed by atoms with E-state index in [1.165, 1.54) is 0 Å². The molecule has 2 fully saturated rings. The van der Waals surface area contributed by atoms with Gasteiger partial charge in [-0.05, 0) is 67.6 Å². The number of nitrogens with two attached hydrogens (primary N) is 1. The number of benzene rings is 3. The maximum atomic E-state index is 14.2. The van der Waals surface area contributed by atoms with Crippen molar-refractivity contribution in [2.45, 2.75) is 88.0 Å². The quantitative estimate of drug-likeness (QED) is 0.0811. The molecule has 3 aromatic rings. The van der Waals surface area contributed by atoms with E-state index in [9.17, 15) is 29.1 Å². The van der Waals surface area contributed by atoms with Crippen molar-refractivity contribution in [2.24, 2.45) is 11.7 Å². The molecule has 53 heavy (non-hydrogen) atoms. The monoisotopic (exact) mass is 723 g/mol. The molecule has 0 saturated carbocycles. The summed E-state index contributed by atoms with van der Waals surface area (Å²) in [4.78, 5) is 68.6. The Morgan fingerprint density at radius 2 is 1.47 bits per heavy atom. The highest BCUT2D eigenvalue weighted by atomic mass is 16.4. The average Bonchev–Trinajstić information content (AvgIpc) is 3.51. The van der Waals surface area contributed by atoms with Gasteiger partial charge in [0.1, 0.15) is 18.1 Å². The lowest BCUT2D eigenvalue weighted by atomic mass is 9.86. The first-order chi connectivity index (χ1) is 25.6. The number of aryl methyl sites for hydroxylation is 1. The molecule has 0 bridgehead atoms. The SMILES string of the molecule is N=C(N)NCC[C@H](NC(=O)C1C[C@@H](Cc2ccccc2)[C@@H]2CCC(NC(=O)Cc3ccccc3)C(=O)N12)C(=O)N[C@@H](CCc1ccccc1)CC(=O)O. The van der Waals surface area contributed by atoms with Gasteiger partial charge in [-0.15, -0.1) is 0 Å². The second-order valence-corrected chi connectivity index (χ2v) is 13.9. The Balaban J connectivity index is 1.33. The number of piperidine rings is 1. The predicted octanol–water partition coefficient (Wildman–Crippen LogP) is 2.29. The van der Waals surface area contributed by atoms with E-state index in [4.69, 9.17) is 11.1 Å². The van der Waals surface area contributed by atoms with E-state index in [2.05, 4.69) is 21.3 Å². The van der Waals surface area contributed by atoms with Gasteiger partial charge in [-0.25, -0.2) is 0 Å². The van der Waals surface area contributed by atoms with E-state index in [0.717, 1.165) is 16.7 Å². The summed E-state index contributed by atoms with van der Waals surface area (Å²) in [6.07, 6.45) is 2.79. The number of carboxylic acid groups (broad SMARTS) is 1. The first kappa shape index (κ1) is 38.5. The molecular weight excluding hydrogens is 674 g/mol. The van der Waals surface area contributed by atoms with Crippen molar-refractivity contribution in [3.05, 3.63) is 108 Å². The van der Waals surface area contributed by atoms with E-state index >= 15 is 0 Å². The Hall–Kier alpha value is -5.72. The normalized spacial score (nSPS) is 20.4. The van der Waals surface area contributed by atoms with Gasteiger partial charge in [0.15, 0.2) is 5.96 Å². The maximum Gasteiger partial charge on any atom is 0.305 e. The lowest BCUT2D eigenvalue weighted by Crippen LogP contribution is -2.61. The summed E-state index contributed by atoms with van der Waals surface area (Å²) in [7, 11) is 0. The van der Waals surface area contributed by atoms with Crippen LogP contribution in [0.15, 0.2) is 91.0 Å². The van der Waals surface area contributed by atoms with Crippen molar-refractivity contribution in [1.29, 1.82) is 5.41 Å². The van der Waals surface area contributed by atoms with Crippen molar-refractivity contribution in [1.82, 2.24) is 26.2 Å². The fourth-order valence-corrected chi connectivity index (χ4v) is 7.49. The summed E-state index contributed by atoms with van der Waals surface area (Å²) in [5, 5.41) is 28.4. The molecular formula is C40H49N7O6. The number of hydrogen-bond acceptors (Lipinski definition) is 6. The lowest BCUT2D eigenvalue weighted by molar-refractivity contribution is -0.147. The number of rotatable bonds is 17. The number of carboxylic acids is 1. The van der Waals surface area contributed by atoms with Crippen LogP contribution < -0.4 is 27.0 Å². The number of amides is 4. The van der Waals surface area contributed by atoms with E-state index in [1.807, 2.05) is 91.0 Å². The van der Waals surface area contributed by atoms with E-state index < -0.39 is 42.0 Å². The van der Waals surface area contributed by atoms with Crippen LogP contribution in [0.25, 0.3) is 0 Å². The fourth-order valence-electron chi connectivity index (χ4n) is 7.49. The maximum absolute atomic E-state index is 14.2. The molecule has 8 N–H and O–H groups in total. The minimum Gasteiger partial charge on any atom is -0.481 e. The first-order valence-corrected chi connectivity index (χ1v) is 18.2. The zero-order valence-electron chi connectivity index (χ0n) is 29.7. The number of carbonyl (C=O) groups is 5. The molecule has 5 rings (SSSR count). The van der Waals surface area contributed by atoms with E-state index in [0.29, 0.717) is 38.5 Å². The Bertz CT molecular complexity index is 1730. The Morgan fingerprint density at radius 1 is 0.849 bits per heavy atom. The molecule has 0 spiro atoms. The molecule has 0 radical (unpaired) electrons. The second-order valence-electron chi connectivity index (χ2n) is 13.9. The molecule has 4 amide bonds. The van der Waals surface area contributed by atoms with Gasteiger partial charge in [-0.3, -0.25) is 29.4 Å². The van der Waals surface area contributed by atoms with Crippen LogP contribution in [-0.2, 0) is 43.2 Å². The number of carbonyl (C=O) groups excluding carboxylic acids is 4. The Labute approximate surface area is 309 Å². The summed E-state index contributed by atoms with van der Waals surface area (Å²) in [6, 6.07) is 24.9. The van der Waals surface area contributed by atoms with E-state index in [1.54, 1.807) is 4.90 Å². The van der Waals surface area contributed by atoms with Gasteiger partial charge >= 0.3 is 5.97 Å². The third-order valence-corrected chi connectivity index (χ3v) is 10.0. The minimum atomic E-state index is -1.12. The van der Waals surface area contributed by atoms with Crippen molar-refractivity contribution in [3.8, 4) is 0 Å². The highest BCUT2D eigenvalue weighted by Gasteiger charge is 2.51. The zero-order valence-corrected chi connectivity index (χ0v) is 29.7. The number of guanidine groups is 1. The summed E-state index contributed by atoms with van der Waals surface area (Å²) in [6.45, 7) is 0.0867. The number of fused-ring (bicyclic) bond motifs is 1. The van der Waals surface area contributed by atoms with Crippen LogP contribution in [0.4, 0.5) is 0 Å². The van der Waals surface area contributed by atoms with Crippen molar-refractivity contribution in [2.75, 3.05) is 6.54 Å². The highest BCUT2D eigenvalue weighted by molar-refractivity contribution is 5.95. The third-order valence-electron chi connectivity index (χ3n) is 10.0. The molecule has 2 unspecified atom stereocenters. The molecule has 6 atom stereocenters. The van der Waals surface area contributed by atoms with Crippen LogP contribution in [0.3, 0.4) is 0 Å². The molecule has 2 aliphatic heterocycles. The van der Waals surface area contributed by atoms with Crippen molar-refractivity contribution >= 4 is 35.6 Å². The number of aliphatic carboxylic acids is 1. The van der Waals surface area contributed by atoms with Crippen molar-refractivity contribution < 1.29 is 29.1 Å². The second kappa shape index (κ2) is 18.7. The minimum absolute atomic E-state index is 0.0392. The molecule has 3 aromatic carbocycles. The highest BCUT2D eigenvalue weighted by Crippen LogP contribution is 2.39. The van der Waals surface area contributed by atoms with E-state index in [-0.39, 0.29) is 55.5 Å². The molecule has 13 nitrogen and oxygen atoms in total. The summed E-state index contributed by atoms with van der Waals surface area (Å²) >= 11 is 0. The largest absolute Gasteiger partial charge is 0.481 e. The Kier molecular flexibility index (Phi) is 13.6. The van der Waals surface area contributed by atoms with Gasteiger partial charge in [-0.2, -0.15) is 0 Å². The molecule has 2 saturated heterocycles. The predicted molar refractivity (Wildman–Crippen MR) is 199 cm³/mol.